The van der Waals surface area contributed by atoms with Gasteiger partial charge in [0.25, 0.3) is 11.6 Å². The monoisotopic (exact) mass is 295 g/mol. The second-order valence-electron chi connectivity index (χ2n) is 4.49. The smallest absolute Gasteiger partial charge is 0.303 e. The molecule has 21 heavy (non-hydrogen) atoms. The summed E-state index contributed by atoms with van der Waals surface area (Å²) in [5, 5.41) is 21.7. The number of nitrogens with zero attached hydrogens (tertiary/aromatic N) is 1. The molecule has 1 amide bonds. The molecule has 0 spiro atoms. The van der Waals surface area contributed by atoms with Gasteiger partial charge in [0, 0.05) is 30.8 Å². The average Bonchev–Trinajstić information content (AvgIpc) is 2.42. The van der Waals surface area contributed by atoms with E-state index < -0.39 is 16.8 Å². The molecule has 0 unspecified atom stereocenters. The Morgan fingerprint density at radius 1 is 1.29 bits per heavy atom. The molecule has 8 heteroatoms. The minimum Gasteiger partial charge on any atom is -0.481 e. The van der Waals surface area contributed by atoms with Crippen LogP contribution in [0.1, 0.15) is 36.0 Å². The molecule has 0 aromatic heterocycles. The van der Waals surface area contributed by atoms with Gasteiger partial charge in [0.2, 0.25) is 0 Å². The molecule has 0 fully saturated rings. The topological polar surface area (TPSA) is 136 Å². The fourth-order valence-electron chi connectivity index (χ4n) is 1.73. The molecule has 0 heterocycles. The summed E-state index contributed by atoms with van der Waals surface area (Å²) >= 11 is 0. The molecule has 1 rings (SSSR count). The van der Waals surface area contributed by atoms with Crippen molar-refractivity contribution in [2.45, 2.75) is 25.7 Å². The van der Waals surface area contributed by atoms with Crippen molar-refractivity contribution < 1.29 is 19.6 Å². The number of anilines is 1. The summed E-state index contributed by atoms with van der Waals surface area (Å²) in [7, 11) is 0. The number of nitro groups is 1. The lowest BCUT2D eigenvalue weighted by atomic mass is 10.1. The molecule has 0 aliphatic carbocycles. The highest BCUT2D eigenvalue weighted by Crippen LogP contribution is 2.19. The zero-order chi connectivity index (χ0) is 15.8. The molecule has 0 bridgehead atoms. The van der Waals surface area contributed by atoms with Crippen molar-refractivity contribution in [1.82, 2.24) is 5.32 Å². The highest BCUT2D eigenvalue weighted by Gasteiger charge is 2.14. The number of aliphatic carboxylic acids is 1. The van der Waals surface area contributed by atoms with Crippen LogP contribution in [-0.2, 0) is 4.79 Å². The van der Waals surface area contributed by atoms with Gasteiger partial charge in [0.15, 0.2) is 0 Å². The Hall–Kier alpha value is -2.64. The van der Waals surface area contributed by atoms with Crippen LogP contribution >= 0.6 is 0 Å². The van der Waals surface area contributed by atoms with Crippen LogP contribution in [0.25, 0.3) is 0 Å². The van der Waals surface area contributed by atoms with E-state index in [-0.39, 0.29) is 23.4 Å². The third kappa shape index (κ3) is 5.47. The molecule has 0 radical (unpaired) electrons. The van der Waals surface area contributed by atoms with E-state index in [2.05, 4.69) is 5.32 Å². The van der Waals surface area contributed by atoms with Crippen molar-refractivity contribution in [3.8, 4) is 0 Å². The number of unbranched alkanes of at least 4 members (excludes halogenated alkanes) is 2. The van der Waals surface area contributed by atoms with E-state index >= 15 is 0 Å². The van der Waals surface area contributed by atoms with Gasteiger partial charge in [-0.05, 0) is 18.9 Å². The van der Waals surface area contributed by atoms with Crippen LogP contribution in [0.3, 0.4) is 0 Å². The minimum atomic E-state index is -0.844. The molecule has 8 nitrogen and oxygen atoms in total. The maximum absolute atomic E-state index is 11.9. The number of carbonyl (C=O) groups is 2. The zero-order valence-corrected chi connectivity index (χ0v) is 11.4. The molecule has 0 atom stereocenters. The van der Waals surface area contributed by atoms with Crippen LogP contribution in [0.2, 0.25) is 0 Å². The maximum atomic E-state index is 11.9. The number of benzene rings is 1. The van der Waals surface area contributed by atoms with Gasteiger partial charge in [0.05, 0.1) is 10.5 Å². The first-order valence-electron chi connectivity index (χ1n) is 6.45. The SMILES string of the molecule is Nc1ccc([N+](=O)[O-])cc1C(=O)NCCCCCC(=O)O. The number of nitrogen functional groups attached to an aromatic ring is 1. The van der Waals surface area contributed by atoms with Crippen LogP contribution in [0, 0.1) is 10.1 Å². The lowest BCUT2D eigenvalue weighted by molar-refractivity contribution is -0.384. The van der Waals surface area contributed by atoms with Gasteiger partial charge in [-0.2, -0.15) is 0 Å². The standard InChI is InChI=1S/C13H17N3O5/c14-11-6-5-9(16(20)21)8-10(11)13(19)15-7-3-1-2-4-12(17)18/h5-6,8H,1-4,7,14H2,(H,15,19)(H,17,18). The summed E-state index contributed by atoms with van der Waals surface area (Å²) < 4.78 is 0. The summed E-state index contributed by atoms with van der Waals surface area (Å²) in [6, 6.07) is 3.69. The number of nitrogens with two attached hydrogens (primary N) is 1. The number of carbonyl (C=O) groups excluding carboxylic acids is 1. The number of hydrogen-bond donors (Lipinski definition) is 3. The second kappa shape index (κ2) is 7.83. The zero-order valence-electron chi connectivity index (χ0n) is 11.4. The summed E-state index contributed by atoms with van der Waals surface area (Å²) in [6.07, 6.45) is 1.96. The normalized spacial score (nSPS) is 10.1. The number of hydrogen-bond acceptors (Lipinski definition) is 5. The lowest BCUT2D eigenvalue weighted by Crippen LogP contribution is -2.25. The van der Waals surface area contributed by atoms with E-state index in [1.165, 1.54) is 12.1 Å². The Labute approximate surface area is 121 Å². The third-order valence-electron chi connectivity index (χ3n) is 2.85. The minimum absolute atomic E-state index is 0.0646. The Kier molecular flexibility index (Phi) is 6.12. The van der Waals surface area contributed by atoms with E-state index in [1.807, 2.05) is 0 Å². The van der Waals surface area contributed by atoms with Gasteiger partial charge in [-0.3, -0.25) is 19.7 Å². The second-order valence-corrected chi connectivity index (χ2v) is 4.49. The van der Waals surface area contributed by atoms with Crippen molar-refractivity contribution in [3.05, 3.63) is 33.9 Å². The fraction of sp³-hybridized carbons (Fsp3) is 0.385. The molecule has 0 aliphatic rings. The quantitative estimate of drug-likeness (QED) is 0.288. The number of amides is 1. The highest BCUT2D eigenvalue weighted by atomic mass is 16.6. The van der Waals surface area contributed by atoms with Crippen molar-refractivity contribution in [2.75, 3.05) is 12.3 Å². The first-order valence-corrected chi connectivity index (χ1v) is 6.45. The predicted molar refractivity (Wildman–Crippen MR) is 75.9 cm³/mol. The van der Waals surface area contributed by atoms with E-state index in [4.69, 9.17) is 10.8 Å². The van der Waals surface area contributed by atoms with Crippen molar-refractivity contribution in [3.63, 3.8) is 0 Å². The fourth-order valence-corrected chi connectivity index (χ4v) is 1.73. The number of carboxylic acids is 1. The van der Waals surface area contributed by atoms with Gasteiger partial charge in [0.1, 0.15) is 0 Å². The summed E-state index contributed by atoms with van der Waals surface area (Å²) in [5.41, 5.74) is 5.66. The Morgan fingerprint density at radius 2 is 2.00 bits per heavy atom. The first-order chi connectivity index (χ1) is 9.91. The molecule has 0 aliphatic heterocycles. The Balaban J connectivity index is 2.47. The van der Waals surface area contributed by atoms with Crippen molar-refractivity contribution in [1.29, 1.82) is 0 Å². The number of nitrogens with one attached hydrogen (secondary N) is 1. The molecule has 1 aromatic rings. The molecule has 4 N–H and O–H groups in total. The van der Waals surface area contributed by atoms with E-state index in [1.54, 1.807) is 0 Å². The Bertz CT molecular complexity index is 545. The number of rotatable bonds is 8. The average molecular weight is 295 g/mol. The van der Waals surface area contributed by atoms with Crippen molar-refractivity contribution in [2.24, 2.45) is 0 Å². The van der Waals surface area contributed by atoms with Gasteiger partial charge in [-0.25, -0.2) is 0 Å². The summed E-state index contributed by atoms with van der Waals surface area (Å²) in [5.74, 6) is -1.32. The van der Waals surface area contributed by atoms with Crippen LogP contribution < -0.4 is 11.1 Å². The summed E-state index contributed by atoms with van der Waals surface area (Å²) in [4.78, 5) is 32.2. The molecule has 0 saturated carbocycles. The highest BCUT2D eigenvalue weighted by molar-refractivity contribution is 5.99. The number of carboxylic acid groups (broad SMARTS) is 1. The maximum Gasteiger partial charge on any atom is 0.303 e. The molecule has 114 valence electrons. The third-order valence-corrected chi connectivity index (χ3v) is 2.85. The summed E-state index contributed by atoms with van der Waals surface area (Å²) in [6.45, 7) is 0.362. The van der Waals surface area contributed by atoms with Crippen LogP contribution in [-0.4, -0.2) is 28.5 Å². The van der Waals surface area contributed by atoms with E-state index in [0.29, 0.717) is 25.8 Å². The predicted octanol–water partition coefficient (Wildman–Crippen LogP) is 1.55. The van der Waals surface area contributed by atoms with Crippen LogP contribution in [0.5, 0.6) is 0 Å². The van der Waals surface area contributed by atoms with Crippen LogP contribution in [0.15, 0.2) is 18.2 Å². The van der Waals surface area contributed by atoms with Gasteiger partial charge in [-0.15, -0.1) is 0 Å². The van der Waals surface area contributed by atoms with Gasteiger partial charge in [-0.1, -0.05) is 6.42 Å². The van der Waals surface area contributed by atoms with E-state index in [0.717, 1.165) is 6.07 Å². The molecular formula is C13H17N3O5. The van der Waals surface area contributed by atoms with Crippen LogP contribution in [0.4, 0.5) is 11.4 Å². The molecule has 0 saturated heterocycles. The first kappa shape index (κ1) is 16.4. The number of nitro benzene ring substituents is 1. The van der Waals surface area contributed by atoms with Gasteiger partial charge >= 0.3 is 5.97 Å². The van der Waals surface area contributed by atoms with Gasteiger partial charge < -0.3 is 16.2 Å². The Morgan fingerprint density at radius 3 is 2.62 bits per heavy atom. The van der Waals surface area contributed by atoms with Crippen molar-refractivity contribution >= 4 is 23.3 Å². The molecular weight excluding hydrogens is 278 g/mol. The molecule has 1 aromatic carbocycles. The largest absolute Gasteiger partial charge is 0.481 e. The van der Waals surface area contributed by atoms with E-state index in [9.17, 15) is 19.7 Å². The lowest BCUT2D eigenvalue weighted by Gasteiger charge is -2.07. The number of non-ortho nitro benzene ring substituents is 1.